The molecule has 21 heavy (non-hydrogen) atoms. The summed E-state index contributed by atoms with van der Waals surface area (Å²) in [5.41, 5.74) is -0.172. The molecule has 0 saturated carbocycles. The quantitative estimate of drug-likeness (QED) is 0.815. The van der Waals surface area contributed by atoms with E-state index < -0.39 is 16.0 Å². The van der Waals surface area contributed by atoms with E-state index in [0.29, 0.717) is 0 Å². The molecule has 0 spiro atoms. The Hall–Kier alpha value is -2.62. The first-order chi connectivity index (χ1) is 9.85. The summed E-state index contributed by atoms with van der Waals surface area (Å²) in [6.45, 7) is 0. The number of carbonyl (C=O) groups is 1. The largest absolute Gasteiger partial charge is 0.495 e. The lowest BCUT2D eigenvalue weighted by Crippen LogP contribution is -2.17. The SMILES string of the molecule is COc1ccc(C(=O)O)cc1S(=O)(=O)Nc1ncnn1C. The van der Waals surface area contributed by atoms with E-state index in [2.05, 4.69) is 14.8 Å². The van der Waals surface area contributed by atoms with Crippen molar-refractivity contribution < 1.29 is 23.1 Å². The number of ether oxygens (including phenoxy) is 1. The zero-order chi connectivity index (χ0) is 15.6. The van der Waals surface area contributed by atoms with Gasteiger partial charge in [-0.15, -0.1) is 0 Å². The van der Waals surface area contributed by atoms with E-state index in [4.69, 9.17) is 9.84 Å². The van der Waals surface area contributed by atoms with Crippen molar-refractivity contribution in [3.05, 3.63) is 30.1 Å². The van der Waals surface area contributed by atoms with Crippen LogP contribution in [-0.2, 0) is 17.1 Å². The van der Waals surface area contributed by atoms with Crippen molar-refractivity contribution in [2.75, 3.05) is 11.8 Å². The number of aryl methyl sites for hydroxylation is 1. The molecule has 1 aromatic carbocycles. The first-order valence-corrected chi connectivity index (χ1v) is 7.11. The van der Waals surface area contributed by atoms with E-state index in [-0.39, 0.29) is 22.2 Å². The molecule has 0 aliphatic heterocycles. The Labute approximate surface area is 120 Å². The number of nitrogens with one attached hydrogen (secondary N) is 1. The normalized spacial score (nSPS) is 11.1. The summed E-state index contributed by atoms with van der Waals surface area (Å²) in [7, 11) is -1.27. The number of nitrogens with zero attached hydrogens (tertiary/aromatic N) is 3. The van der Waals surface area contributed by atoms with E-state index >= 15 is 0 Å². The first-order valence-electron chi connectivity index (χ1n) is 5.63. The maximum Gasteiger partial charge on any atom is 0.335 e. The van der Waals surface area contributed by atoms with Gasteiger partial charge >= 0.3 is 5.97 Å². The Morgan fingerprint density at radius 2 is 2.14 bits per heavy atom. The van der Waals surface area contributed by atoms with Crippen LogP contribution in [0.5, 0.6) is 5.75 Å². The van der Waals surface area contributed by atoms with Gasteiger partial charge in [-0.05, 0) is 18.2 Å². The second-order valence-electron chi connectivity index (χ2n) is 3.98. The van der Waals surface area contributed by atoms with Crippen molar-refractivity contribution >= 4 is 21.9 Å². The first kappa shape index (κ1) is 14.8. The summed E-state index contributed by atoms with van der Waals surface area (Å²) in [6.07, 6.45) is 1.18. The lowest BCUT2D eigenvalue weighted by Gasteiger charge is -2.11. The summed E-state index contributed by atoms with van der Waals surface area (Å²) >= 11 is 0. The van der Waals surface area contributed by atoms with Crippen LogP contribution in [0, 0.1) is 0 Å². The van der Waals surface area contributed by atoms with Crippen molar-refractivity contribution in [1.82, 2.24) is 14.8 Å². The molecule has 0 atom stereocenters. The Morgan fingerprint density at radius 3 is 2.67 bits per heavy atom. The molecule has 0 aliphatic carbocycles. The molecule has 2 rings (SSSR count). The average molecular weight is 312 g/mol. The van der Waals surface area contributed by atoms with Gasteiger partial charge in [-0.1, -0.05) is 0 Å². The number of rotatable bonds is 5. The molecule has 9 nitrogen and oxygen atoms in total. The summed E-state index contributed by atoms with van der Waals surface area (Å²) in [5.74, 6) is -1.22. The number of benzene rings is 1. The summed E-state index contributed by atoms with van der Waals surface area (Å²) in [6, 6.07) is 3.54. The molecule has 2 aromatic rings. The standard InChI is InChI=1S/C11H12N4O5S/c1-15-11(12-6-13-15)14-21(18,19)9-5-7(10(16)17)3-4-8(9)20-2/h3-6H,1-2H3,(H,16,17)(H,12,13,14). The highest BCUT2D eigenvalue weighted by Gasteiger charge is 2.23. The minimum absolute atomic E-state index is 0.00205. The number of carboxylic acids is 1. The molecule has 1 aromatic heterocycles. The topological polar surface area (TPSA) is 123 Å². The predicted octanol–water partition coefficient (Wildman–Crippen LogP) is 0.323. The van der Waals surface area contributed by atoms with Crippen LogP contribution in [-0.4, -0.2) is 41.4 Å². The van der Waals surface area contributed by atoms with Crippen molar-refractivity contribution in [2.24, 2.45) is 7.05 Å². The molecular weight excluding hydrogens is 300 g/mol. The fourth-order valence-corrected chi connectivity index (χ4v) is 2.82. The molecular formula is C11H12N4O5S. The monoisotopic (exact) mass is 312 g/mol. The third-order valence-electron chi connectivity index (χ3n) is 2.64. The Bertz CT molecular complexity index is 784. The van der Waals surface area contributed by atoms with Crippen LogP contribution < -0.4 is 9.46 Å². The molecule has 10 heteroatoms. The van der Waals surface area contributed by atoms with Gasteiger partial charge in [-0.25, -0.2) is 22.6 Å². The fourth-order valence-electron chi connectivity index (χ4n) is 1.58. The number of sulfonamides is 1. The molecule has 0 saturated heterocycles. The lowest BCUT2D eigenvalue weighted by atomic mass is 10.2. The van der Waals surface area contributed by atoms with Crippen molar-refractivity contribution in [3.63, 3.8) is 0 Å². The number of hydrogen-bond acceptors (Lipinski definition) is 6. The molecule has 0 fully saturated rings. The average Bonchev–Trinajstić information content (AvgIpc) is 2.82. The zero-order valence-corrected chi connectivity index (χ0v) is 12.0. The number of aromatic nitrogens is 3. The number of carboxylic acid groups (broad SMARTS) is 1. The second-order valence-corrected chi connectivity index (χ2v) is 5.63. The smallest absolute Gasteiger partial charge is 0.335 e. The lowest BCUT2D eigenvalue weighted by molar-refractivity contribution is 0.0696. The minimum Gasteiger partial charge on any atom is -0.495 e. The van der Waals surface area contributed by atoms with Gasteiger partial charge in [-0.3, -0.25) is 0 Å². The Kier molecular flexibility index (Phi) is 3.80. The van der Waals surface area contributed by atoms with E-state index in [1.165, 1.54) is 37.3 Å². The molecule has 0 unspecified atom stereocenters. The van der Waals surface area contributed by atoms with Gasteiger partial charge in [0.05, 0.1) is 12.7 Å². The predicted molar refractivity (Wildman–Crippen MR) is 71.8 cm³/mol. The van der Waals surface area contributed by atoms with Crippen molar-refractivity contribution in [1.29, 1.82) is 0 Å². The molecule has 0 amide bonds. The van der Waals surface area contributed by atoms with Crippen molar-refractivity contribution in [2.45, 2.75) is 4.90 Å². The van der Waals surface area contributed by atoms with Crippen LogP contribution in [0.3, 0.4) is 0 Å². The van der Waals surface area contributed by atoms with Crippen LogP contribution in [0.15, 0.2) is 29.4 Å². The van der Waals surface area contributed by atoms with Gasteiger partial charge in [0.25, 0.3) is 10.0 Å². The van der Waals surface area contributed by atoms with Crippen LogP contribution in [0.1, 0.15) is 10.4 Å². The van der Waals surface area contributed by atoms with Crippen LogP contribution >= 0.6 is 0 Å². The van der Waals surface area contributed by atoms with Crippen LogP contribution in [0.2, 0.25) is 0 Å². The third-order valence-corrected chi connectivity index (χ3v) is 3.99. The summed E-state index contributed by atoms with van der Waals surface area (Å²) in [4.78, 5) is 14.4. The van der Waals surface area contributed by atoms with Gasteiger partial charge in [-0.2, -0.15) is 10.1 Å². The van der Waals surface area contributed by atoms with Crippen LogP contribution in [0.25, 0.3) is 0 Å². The van der Waals surface area contributed by atoms with E-state index in [1.807, 2.05) is 0 Å². The Balaban J connectivity index is 2.50. The molecule has 2 N–H and O–H groups in total. The molecule has 112 valence electrons. The number of methoxy groups -OCH3 is 1. The molecule has 1 heterocycles. The van der Waals surface area contributed by atoms with E-state index in [1.54, 1.807) is 0 Å². The third kappa shape index (κ3) is 2.94. The summed E-state index contributed by atoms with van der Waals surface area (Å²) < 4.78 is 33.1. The highest BCUT2D eigenvalue weighted by atomic mass is 32.2. The van der Waals surface area contributed by atoms with Gasteiger partial charge in [0, 0.05) is 7.05 Å². The zero-order valence-electron chi connectivity index (χ0n) is 11.1. The highest BCUT2D eigenvalue weighted by molar-refractivity contribution is 7.92. The number of hydrogen-bond donors (Lipinski definition) is 2. The van der Waals surface area contributed by atoms with Gasteiger partial charge in [0.1, 0.15) is 17.0 Å². The molecule has 0 bridgehead atoms. The fraction of sp³-hybridized carbons (Fsp3) is 0.182. The van der Waals surface area contributed by atoms with Crippen LogP contribution in [0.4, 0.5) is 5.95 Å². The van der Waals surface area contributed by atoms with Gasteiger partial charge in [0.2, 0.25) is 5.95 Å². The Morgan fingerprint density at radius 1 is 1.43 bits per heavy atom. The summed E-state index contributed by atoms with van der Waals surface area (Å²) in [5, 5.41) is 12.7. The van der Waals surface area contributed by atoms with E-state index in [0.717, 1.165) is 6.07 Å². The molecule has 0 aliphatic rings. The van der Waals surface area contributed by atoms with E-state index in [9.17, 15) is 13.2 Å². The molecule has 0 radical (unpaired) electrons. The van der Waals surface area contributed by atoms with Crippen molar-refractivity contribution in [3.8, 4) is 5.75 Å². The second kappa shape index (κ2) is 5.40. The maximum absolute atomic E-state index is 12.3. The van der Waals surface area contributed by atoms with Gasteiger partial charge < -0.3 is 9.84 Å². The van der Waals surface area contributed by atoms with Gasteiger partial charge in [0.15, 0.2) is 0 Å². The highest BCUT2D eigenvalue weighted by Crippen LogP contribution is 2.26. The maximum atomic E-state index is 12.3. The number of aromatic carboxylic acids is 1. The number of anilines is 1. The minimum atomic E-state index is -4.07.